The van der Waals surface area contributed by atoms with Crippen LogP contribution in [0.4, 0.5) is 11.4 Å². The summed E-state index contributed by atoms with van der Waals surface area (Å²) in [6.45, 7) is 0. The van der Waals surface area contributed by atoms with E-state index in [1.807, 2.05) is 43.3 Å². The largest absolute Gasteiger partial charge is 0.481 e. The molecular formula is C14H20N2O3. The highest BCUT2D eigenvalue weighted by atomic mass is 16.4. The van der Waals surface area contributed by atoms with E-state index in [-0.39, 0.29) is 12.3 Å². The summed E-state index contributed by atoms with van der Waals surface area (Å²) < 4.78 is 0. The molecule has 0 aliphatic heterocycles. The predicted octanol–water partition coefficient (Wildman–Crippen LogP) is 2.34. The summed E-state index contributed by atoms with van der Waals surface area (Å²) in [5, 5.41) is 11.3. The van der Waals surface area contributed by atoms with E-state index in [1.54, 1.807) is 0 Å². The zero-order chi connectivity index (χ0) is 14.3. The first-order valence-electron chi connectivity index (χ1n) is 6.28. The molecule has 0 spiro atoms. The second-order valence-electron chi connectivity index (χ2n) is 4.59. The number of benzene rings is 1. The van der Waals surface area contributed by atoms with Crippen molar-refractivity contribution >= 4 is 23.3 Å². The van der Waals surface area contributed by atoms with Crippen LogP contribution in [0.25, 0.3) is 0 Å². The molecule has 5 nitrogen and oxygen atoms in total. The molecule has 19 heavy (non-hydrogen) atoms. The number of amides is 1. The number of rotatable bonds is 7. The third kappa shape index (κ3) is 5.90. The average molecular weight is 264 g/mol. The third-order valence-corrected chi connectivity index (χ3v) is 2.69. The van der Waals surface area contributed by atoms with Gasteiger partial charge in [-0.05, 0) is 31.0 Å². The molecular weight excluding hydrogens is 244 g/mol. The SMILES string of the molecule is CN(C)c1cccc(NC(=O)CCCCC(=O)O)c1. The standard InChI is InChI=1S/C14H20N2O3/c1-16(2)12-7-5-6-11(10-12)15-13(17)8-3-4-9-14(18)19/h5-7,10H,3-4,8-9H2,1-2H3,(H,15,17)(H,18,19). The summed E-state index contributed by atoms with van der Waals surface area (Å²) in [5.74, 6) is -0.902. The zero-order valence-electron chi connectivity index (χ0n) is 11.3. The molecule has 1 rings (SSSR count). The van der Waals surface area contributed by atoms with Crippen LogP contribution in [0.2, 0.25) is 0 Å². The topological polar surface area (TPSA) is 69.6 Å². The number of carboxylic acids is 1. The third-order valence-electron chi connectivity index (χ3n) is 2.69. The molecule has 5 heteroatoms. The number of nitrogens with one attached hydrogen (secondary N) is 1. The maximum absolute atomic E-state index is 11.7. The summed E-state index contributed by atoms with van der Waals surface area (Å²) >= 11 is 0. The van der Waals surface area contributed by atoms with Crippen LogP contribution in [-0.4, -0.2) is 31.1 Å². The highest BCUT2D eigenvalue weighted by molar-refractivity contribution is 5.91. The normalized spacial score (nSPS) is 10.0. The Morgan fingerprint density at radius 2 is 1.89 bits per heavy atom. The van der Waals surface area contributed by atoms with Gasteiger partial charge in [-0.25, -0.2) is 0 Å². The first-order chi connectivity index (χ1) is 8.99. The van der Waals surface area contributed by atoms with Gasteiger partial charge in [-0.3, -0.25) is 9.59 Å². The molecule has 0 radical (unpaired) electrons. The van der Waals surface area contributed by atoms with Crippen LogP contribution in [0.5, 0.6) is 0 Å². The van der Waals surface area contributed by atoms with Gasteiger partial charge in [0.1, 0.15) is 0 Å². The second kappa shape index (κ2) is 7.41. The molecule has 0 aliphatic carbocycles. The number of aliphatic carboxylic acids is 1. The smallest absolute Gasteiger partial charge is 0.303 e. The Labute approximate surface area is 113 Å². The molecule has 0 atom stereocenters. The van der Waals surface area contributed by atoms with Crippen LogP contribution in [0, 0.1) is 0 Å². The van der Waals surface area contributed by atoms with Crippen molar-refractivity contribution in [2.75, 3.05) is 24.3 Å². The number of carboxylic acid groups (broad SMARTS) is 1. The fraction of sp³-hybridized carbons (Fsp3) is 0.429. The number of anilines is 2. The lowest BCUT2D eigenvalue weighted by atomic mass is 10.2. The molecule has 0 heterocycles. The zero-order valence-corrected chi connectivity index (χ0v) is 11.3. The molecule has 0 fully saturated rings. The van der Waals surface area contributed by atoms with Gasteiger partial charge in [-0.2, -0.15) is 0 Å². The number of hydrogen-bond donors (Lipinski definition) is 2. The average Bonchev–Trinajstić information content (AvgIpc) is 2.34. The van der Waals surface area contributed by atoms with E-state index >= 15 is 0 Å². The summed E-state index contributed by atoms with van der Waals surface area (Å²) in [5.41, 5.74) is 1.78. The summed E-state index contributed by atoms with van der Waals surface area (Å²) in [4.78, 5) is 24.0. The van der Waals surface area contributed by atoms with Crippen molar-refractivity contribution in [3.63, 3.8) is 0 Å². The molecule has 104 valence electrons. The summed E-state index contributed by atoms with van der Waals surface area (Å²) in [6, 6.07) is 7.58. The van der Waals surface area contributed by atoms with Gasteiger partial charge in [-0.1, -0.05) is 6.07 Å². The van der Waals surface area contributed by atoms with E-state index in [2.05, 4.69) is 5.32 Å². The van der Waals surface area contributed by atoms with E-state index in [9.17, 15) is 9.59 Å². The van der Waals surface area contributed by atoms with Crippen molar-refractivity contribution in [1.29, 1.82) is 0 Å². The van der Waals surface area contributed by atoms with Crippen molar-refractivity contribution in [3.8, 4) is 0 Å². The molecule has 1 amide bonds. The van der Waals surface area contributed by atoms with Crippen molar-refractivity contribution in [1.82, 2.24) is 0 Å². The van der Waals surface area contributed by atoms with Gasteiger partial charge in [0.15, 0.2) is 0 Å². The monoisotopic (exact) mass is 264 g/mol. The Bertz CT molecular complexity index is 444. The van der Waals surface area contributed by atoms with E-state index < -0.39 is 5.97 Å². The van der Waals surface area contributed by atoms with E-state index in [0.717, 1.165) is 11.4 Å². The fourth-order valence-corrected chi connectivity index (χ4v) is 1.65. The van der Waals surface area contributed by atoms with Gasteiger partial charge in [0.05, 0.1) is 0 Å². The number of carbonyl (C=O) groups is 2. The summed E-state index contributed by atoms with van der Waals surface area (Å²) in [6.07, 6.45) is 1.58. The van der Waals surface area contributed by atoms with E-state index in [1.165, 1.54) is 0 Å². The van der Waals surface area contributed by atoms with Crippen LogP contribution in [0.1, 0.15) is 25.7 Å². The molecule has 0 saturated heterocycles. The lowest BCUT2D eigenvalue weighted by Crippen LogP contribution is -2.13. The Balaban J connectivity index is 2.39. The minimum Gasteiger partial charge on any atom is -0.481 e. The van der Waals surface area contributed by atoms with Crippen LogP contribution in [0.3, 0.4) is 0 Å². The molecule has 0 bridgehead atoms. The Morgan fingerprint density at radius 3 is 2.53 bits per heavy atom. The van der Waals surface area contributed by atoms with Gasteiger partial charge < -0.3 is 15.3 Å². The maximum atomic E-state index is 11.7. The molecule has 0 aliphatic rings. The van der Waals surface area contributed by atoms with Gasteiger partial charge in [0.2, 0.25) is 5.91 Å². The molecule has 2 N–H and O–H groups in total. The molecule has 1 aromatic carbocycles. The first kappa shape index (κ1) is 15.0. The van der Waals surface area contributed by atoms with Gasteiger partial charge in [0, 0.05) is 38.3 Å². The van der Waals surface area contributed by atoms with Gasteiger partial charge in [-0.15, -0.1) is 0 Å². The van der Waals surface area contributed by atoms with Gasteiger partial charge >= 0.3 is 5.97 Å². The van der Waals surface area contributed by atoms with Crippen LogP contribution in [-0.2, 0) is 9.59 Å². The predicted molar refractivity (Wildman–Crippen MR) is 75.5 cm³/mol. The minimum atomic E-state index is -0.820. The highest BCUT2D eigenvalue weighted by Crippen LogP contribution is 2.17. The molecule has 0 saturated carbocycles. The first-order valence-corrected chi connectivity index (χ1v) is 6.28. The number of unbranched alkanes of at least 4 members (excludes halogenated alkanes) is 1. The van der Waals surface area contributed by atoms with Crippen LogP contribution < -0.4 is 10.2 Å². The van der Waals surface area contributed by atoms with E-state index in [0.29, 0.717) is 19.3 Å². The highest BCUT2D eigenvalue weighted by Gasteiger charge is 2.04. The van der Waals surface area contributed by atoms with Crippen molar-refractivity contribution < 1.29 is 14.7 Å². The Morgan fingerprint density at radius 1 is 1.21 bits per heavy atom. The summed E-state index contributed by atoms with van der Waals surface area (Å²) in [7, 11) is 3.87. The Kier molecular flexibility index (Phi) is 5.85. The fourth-order valence-electron chi connectivity index (χ4n) is 1.65. The maximum Gasteiger partial charge on any atom is 0.303 e. The van der Waals surface area contributed by atoms with Crippen molar-refractivity contribution in [2.24, 2.45) is 0 Å². The number of nitrogens with zero attached hydrogens (tertiary/aromatic N) is 1. The molecule has 0 aromatic heterocycles. The minimum absolute atomic E-state index is 0.0821. The Hall–Kier alpha value is -2.04. The van der Waals surface area contributed by atoms with Crippen molar-refractivity contribution in [3.05, 3.63) is 24.3 Å². The second-order valence-corrected chi connectivity index (χ2v) is 4.59. The number of hydrogen-bond acceptors (Lipinski definition) is 3. The van der Waals surface area contributed by atoms with Crippen molar-refractivity contribution in [2.45, 2.75) is 25.7 Å². The quantitative estimate of drug-likeness (QED) is 0.742. The van der Waals surface area contributed by atoms with Gasteiger partial charge in [0.25, 0.3) is 0 Å². The van der Waals surface area contributed by atoms with E-state index in [4.69, 9.17) is 5.11 Å². The van der Waals surface area contributed by atoms with Crippen LogP contribution >= 0.6 is 0 Å². The number of carbonyl (C=O) groups excluding carboxylic acids is 1. The molecule has 1 aromatic rings. The molecule has 0 unspecified atom stereocenters. The lowest BCUT2D eigenvalue weighted by Gasteiger charge is -2.14. The lowest BCUT2D eigenvalue weighted by molar-refractivity contribution is -0.137. The van der Waals surface area contributed by atoms with Crippen LogP contribution in [0.15, 0.2) is 24.3 Å².